The molecule has 0 spiro atoms. The largest absolute Gasteiger partial charge is 0.434 e. The van der Waals surface area contributed by atoms with Crippen molar-refractivity contribution in [3.05, 3.63) is 18.1 Å². The standard InChI is InChI=1S/C12H19N5O/c1-4-6-17-12(11(13)9(3)15-17)18-10-7-14-16(5-2)8-10/h7-8H,4-6,13H2,1-3H3. The van der Waals surface area contributed by atoms with E-state index in [1.54, 1.807) is 15.6 Å². The molecule has 0 bridgehead atoms. The molecule has 2 N–H and O–H groups in total. The summed E-state index contributed by atoms with van der Waals surface area (Å²) in [7, 11) is 0. The van der Waals surface area contributed by atoms with E-state index in [2.05, 4.69) is 17.1 Å². The Bertz CT molecular complexity index is 529. The van der Waals surface area contributed by atoms with Crippen molar-refractivity contribution < 1.29 is 4.74 Å². The van der Waals surface area contributed by atoms with E-state index in [-0.39, 0.29) is 0 Å². The number of nitrogens with two attached hydrogens (primary N) is 1. The summed E-state index contributed by atoms with van der Waals surface area (Å²) in [5, 5.41) is 8.53. The van der Waals surface area contributed by atoms with Crippen LogP contribution in [0.4, 0.5) is 5.69 Å². The Morgan fingerprint density at radius 1 is 1.39 bits per heavy atom. The van der Waals surface area contributed by atoms with Gasteiger partial charge in [-0.05, 0) is 20.3 Å². The van der Waals surface area contributed by atoms with Crippen LogP contribution in [-0.4, -0.2) is 19.6 Å². The SMILES string of the molecule is CCCn1nc(C)c(N)c1Oc1cnn(CC)c1. The van der Waals surface area contributed by atoms with Gasteiger partial charge in [0.15, 0.2) is 5.75 Å². The molecule has 0 unspecified atom stereocenters. The smallest absolute Gasteiger partial charge is 0.241 e. The Hall–Kier alpha value is -1.98. The Kier molecular flexibility index (Phi) is 3.55. The van der Waals surface area contributed by atoms with Crippen LogP contribution in [-0.2, 0) is 13.1 Å². The Balaban J connectivity index is 2.26. The fraction of sp³-hybridized carbons (Fsp3) is 0.500. The van der Waals surface area contributed by atoms with Gasteiger partial charge in [-0.1, -0.05) is 6.92 Å². The molecule has 0 atom stereocenters. The molecule has 0 saturated heterocycles. The number of aromatic nitrogens is 4. The van der Waals surface area contributed by atoms with Gasteiger partial charge in [0.05, 0.1) is 18.1 Å². The molecular formula is C12H19N5O. The van der Waals surface area contributed by atoms with Crippen molar-refractivity contribution in [3.63, 3.8) is 0 Å². The van der Waals surface area contributed by atoms with Crippen LogP contribution in [0.5, 0.6) is 11.6 Å². The lowest BCUT2D eigenvalue weighted by atomic mass is 10.4. The number of nitrogen functional groups attached to an aromatic ring is 1. The molecule has 0 radical (unpaired) electrons. The maximum atomic E-state index is 5.99. The number of aryl methyl sites for hydroxylation is 3. The van der Waals surface area contributed by atoms with Crippen LogP contribution >= 0.6 is 0 Å². The second kappa shape index (κ2) is 5.12. The van der Waals surface area contributed by atoms with E-state index >= 15 is 0 Å². The Labute approximate surface area is 106 Å². The highest BCUT2D eigenvalue weighted by Crippen LogP contribution is 2.29. The van der Waals surface area contributed by atoms with Crippen molar-refractivity contribution >= 4 is 5.69 Å². The fourth-order valence-electron chi connectivity index (χ4n) is 1.73. The minimum Gasteiger partial charge on any atom is -0.434 e. The van der Waals surface area contributed by atoms with E-state index in [0.29, 0.717) is 17.3 Å². The molecule has 2 aromatic heterocycles. The lowest BCUT2D eigenvalue weighted by Crippen LogP contribution is -2.02. The summed E-state index contributed by atoms with van der Waals surface area (Å²) in [6.45, 7) is 7.59. The summed E-state index contributed by atoms with van der Waals surface area (Å²) in [6.07, 6.45) is 4.50. The van der Waals surface area contributed by atoms with Crippen LogP contribution in [0.25, 0.3) is 0 Å². The van der Waals surface area contributed by atoms with Crippen LogP contribution in [0.1, 0.15) is 26.0 Å². The van der Waals surface area contributed by atoms with E-state index in [1.165, 1.54) is 0 Å². The van der Waals surface area contributed by atoms with Crippen LogP contribution < -0.4 is 10.5 Å². The third kappa shape index (κ3) is 2.32. The summed E-state index contributed by atoms with van der Waals surface area (Å²) >= 11 is 0. The zero-order valence-corrected chi connectivity index (χ0v) is 11.1. The van der Waals surface area contributed by atoms with Crippen LogP contribution in [0.3, 0.4) is 0 Å². The van der Waals surface area contributed by atoms with Gasteiger partial charge in [0.2, 0.25) is 5.88 Å². The van der Waals surface area contributed by atoms with Gasteiger partial charge >= 0.3 is 0 Å². The average molecular weight is 249 g/mol. The minimum atomic E-state index is 0.590. The topological polar surface area (TPSA) is 70.9 Å². The first-order valence-electron chi connectivity index (χ1n) is 6.18. The van der Waals surface area contributed by atoms with Gasteiger partial charge in [-0.3, -0.25) is 4.68 Å². The third-order valence-electron chi connectivity index (χ3n) is 2.71. The van der Waals surface area contributed by atoms with E-state index in [9.17, 15) is 0 Å². The molecule has 0 aromatic carbocycles. The minimum absolute atomic E-state index is 0.590. The second-order valence-electron chi connectivity index (χ2n) is 4.16. The molecule has 0 aliphatic heterocycles. The number of nitrogens with zero attached hydrogens (tertiary/aromatic N) is 4. The predicted molar refractivity (Wildman–Crippen MR) is 69.6 cm³/mol. The average Bonchev–Trinajstić information content (AvgIpc) is 2.91. The maximum Gasteiger partial charge on any atom is 0.241 e. The van der Waals surface area contributed by atoms with E-state index < -0.39 is 0 Å². The monoisotopic (exact) mass is 249 g/mol. The Morgan fingerprint density at radius 2 is 2.17 bits per heavy atom. The first-order valence-corrected chi connectivity index (χ1v) is 6.18. The number of ether oxygens (including phenoxy) is 1. The zero-order chi connectivity index (χ0) is 13.1. The van der Waals surface area contributed by atoms with Gasteiger partial charge in [0.1, 0.15) is 5.69 Å². The van der Waals surface area contributed by atoms with Crippen molar-refractivity contribution in [2.45, 2.75) is 40.3 Å². The molecule has 0 saturated carbocycles. The lowest BCUT2D eigenvalue weighted by Gasteiger charge is -2.06. The number of hydrogen-bond donors (Lipinski definition) is 1. The van der Waals surface area contributed by atoms with E-state index in [1.807, 2.05) is 20.0 Å². The van der Waals surface area contributed by atoms with Gasteiger partial charge in [0.25, 0.3) is 0 Å². The van der Waals surface area contributed by atoms with Crippen molar-refractivity contribution in [1.29, 1.82) is 0 Å². The fourth-order valence-corrected chi connectivity index (χ4v) is 1.73. The van der Waals surface area contributed by atoms with E-state index in [4.69, 9.17) is 10.5 Å². The molecule has 2 heterocycles. The van der Waals surface area contributed by atoms with Crippen molar-refractivity contribution in [3.8, 4) is 11.6 Å². The van der Waals surface area contributed by atoms with Crippen LogP contribution in [0, 0.1) is 6.92 Å². The number of hydrogen-bond acceptors (Lipinski definition) is 4. The number of anilines is 1. The number of rotatable bonds is 5. The molecule has 98 valence electrons. The van der Waals surface area contributed by atoms with Crippen molar-refractivity contribution in [2.75, 3.05) is 5.73 Å². The summed E-state index contributed by atoms with van der Waals surface area (Å²) in [5.41, 5.74) is 7.37. The van der Waals surface area contributed by atoms with Gasteiger partial charge in [-0.25, -0.2) is 4.68 Å². The molecule has 18 heavy (non-hydrogen) atoms. The molecule has 0 aliphatic rings. The molecule has 2 aromatic rings. The van der Waals surface area contributed by atoms with Gasteiger partial charge in [0, 0.05) is 13.1 Å². The molecule has 6 heteroatoms. The third-order valence-corrected chi connectivity index (χ3v) is 2.71. The predicted octanol–water partition coefficient (Wildman–Crippen LogP) is 2.19. The molecule has 2 rings (SSSR count). The highest BCUT2D eigenvalue weighted by Gasteiger charge is 2.15. The zero-order valence-electron chi connectivity index (χ0n) is 11.1. The molecule has 0 amide bonds. The highest BCUT2D eigenvalue weighted by molar-refractivity contribution is 5.53. The molecule has 0 fully saturated rings. The van der Waals surface area contributed by atoms with Gasteiger partial charge in [-0.2, -0.15) is 10.2 Å². The lowest BCUT2D eigenvalue weighted by molar-refractivity contribution is 0.409. The first-order chi connectivity index (χ1) is 8.65. The molecular weight excluding hydrogens is 230 g/mol. The Morgan fingerprint density at radius 3 is 2.78 bits per heavy atom. The first kappa shape index (κ1) is 12.5. The molecule has 0 aliphatic carbocycles. The summed E-state index contributed by atoms with van der Waals surface area (Å²) in [6, 6.07) is 0. The second-order valence-corrected chi connectivity index (χ2v) is 4.16. The summed E-state index contributed by atoms with van der Waals surface area (Å²) in [5.74, 6) is 1.28. The van der Waals surface area contributed by atoms with Crippen LogP contribution in [0.15, 0.2) is 12.4 Å². The van der Waals surface area contributed by atoms with Crippen molar-refractivity contribution in [2.24, 2.45) is 0 Å². The molecule has 6 nitrogen and oxygen atoms in total. The van der Waals surface area contributed by atoms with Crippen molar-refractivity contribution in [1.82, 2.24) is 19.6 Å². The quantitative estimate of drug-likeness (QED) is 0.881. The van der Waals surface area contributed by atoms with E-state index in [0.717, 1.165) is 25.2 Å². The van der Waals surface area contributed by atoms with Gasteiger partial charge < -0.3 is 10.5 Å². The highest BCUT2D eigenvalue weighted by atomic mass is 16.5. The summed E-state index contributed by atoms with van der Waals surface area (Å²) in [4.78, 5) is 0. The summed E-state index contributed by atoms with van der Waals surface area (Å²) < 4.78 is 9.39. The maximum absolute atomic E-state index is 5.99. The van der Waals surface area contributed by atoms with Crippen LogP contribution in [0.2, 0.25) is 0 Å². The van der Waals surface area contributed by atoms with Gasteiger partial charge in [-0.15, -0.1) is 0 Å². The normalized spacial score (nSPS) is 10.8.